The topological polar surface area (TPSA) is 59.6 Å². The number of amides is 1. The minimum atomic E-state index is -0.504. The number of carbonyl (C=O) groups excluding carboxylic acids is 1. The molecular formula is C13H16BrClN2O3. The van der Waals surface area contributed by atoms with Crippen LogP contribution in [0.4, 0.5) is 5.69 Å². The summed E-state index contributed by atoms with van der Waals surface area (Å²) in [5.41, 5.74) is 0.533. The Balaban J connectivity index is 2.16. The molecule has 0 saturated carbocycles. The SMILES string of the molecule is CCOc1c(Br)cc(Cl)cc1NC(=O)C1CNCCO1. The van der Waals surface area contributed by atoms with E-state index >= 15 is 0 Å². The molecule has 5 nitrogen and oxygen atoms in total. The summed E-state index contributed by atoms with van der Waals surface area (Å²) in [7, 11) is 0. The fourth-order valence-corrected chi connectivity index (χ4v) is 2.82. The van der Waals surface area contributed by atoms with Crippen LogP contribution in [0.25, 0.3) is 0 Å². The number of hydrogen-bond donors (Lipinski definition) is 2. The molecule has 1 aliphatic rings. The van der Waals surface area contributed by atoms with Gasteiger partial charge in [-0.3, -0.25) is 4.79 Å². The molecular weight excluding hydrogens is 348 g/mol. The van der Waals surface area contributed by atoms with Crippen LogP contribution in [0.5, 0.6) is 5.75 Å². The molecule has 1 atom stereocenters. The third-order valence-corrected chi connectivity index (χ3v) is 3.58. The van der Waals surface area contributed by atoms with Gasteiger partial charge in [-0.15, -0.1) is 0 Å². The smallest absolute Gasteiger partial charge is 0.254 e. The quantitative estimate of drug-likeness (QED) is 0.862. The lowest BCUT2D eigenvalue weighted by molar-refractivity contribution is -0.128. The summed E-state index contributed by atoms with van der Waals surface area (Å²) in [5.74, 6) is 0.348. The first kappa shape index (κ1) is 15.6. The first-order valence-corrected chi connectivity index (χ1v) is 7.54. The van der Waals surface area contributed by atoms with Gasteiger partial charge in [-0.25, -0.2) is 0 Å². The lowest BCUT2D eigenvalue weighted by Crippen LogP contribution is -2.45. The number of anilines is 1. The van der Waals surface area contributed by atoms with Gasteiger partial charge in [-0.2, -0.15) is 0 Å². The Morgan fingerprint density at radius 1 is 1.65 bits per heavy atom. The van der Waals surface area contributed by atoms with E-state index in [1.807, 2.05) is 6.92 Å². The average molecular weight is 364 g/mol. The van der Waals surface area contributed by atoms with Crippen molar-refractivity contribution in [1.82, 2.24) is 5.32 Å². The van der Waals surface area contributed by atoms with Crippen molar-refractivity contribution in [3.05, 3.63) is 21.6 Å². The van der Waals surface area contributed by atoms with Crippen molar-refractivity contribution in [2.45, 2.75) is 13.0 Å². The van der Waals surface area contributed by atoms with E-state index in [1.54, 1.807) is 12.1 Å². The third kappa shape index (κ3) is 3.85. The Kier molecular flexibility index (Phi) is 5.65. The average Bonchev–Trinajstić information content (AvgIpc) is 2.43. The molecule has 2 N–H and O–H groups in total. The molecule has 1 unspecified atom stereocenters. The molecule has 110 valence electrons. The highest BCUT2D eigenvalue weighted by Gasteiger charge is 2.23. The van der Waals surface area contributed by atoms with E-state index in [0.29, 0.717) is 40.7 Å². The van der Waals surface area contributed by atoms with E-state index in [0.717, 1.165) is 6.54 Å². The van der Waals surface area contributed by atoms with Gasteiger partial charge in [0.2, 0.25) is 0 Å². The van der Waals surface area contributed by atoms with Crippen LogP contribution in [-0.2, 0) is 9.53 Å². The van der Waals surface area contributed by atoms with Crippen LogP contribution in [0.3, 0.4) is 0 Å². The van der Waals surface area contributed by atoms with Crippen molar-refractivity contribution in [2.75, 3.05) is 31.6 Å². The van der Waals surface area contributed by atoms with Crippen molar-refractivity contribution in [3.8, 4) is 5.75 Å². The van der Waals surface area contributed by atoms with Crippen LogP contribution in [-0.4, -0.2) is 38.3 Å². The molecule has 1 aromatic carbocycles. The molecule has 1 fully saturated rings. The predicted octanol–water partition coefficient (Wildman–Crippen LogP) is 2.43. The van der Waals surface area contributed by atoms with Crippen LogP contribution < -0.4 is 15.4 Å². The summed E-state index contributed by atoms with van der Waals surface area (Å²) in [4.78, 5) is 12.2. The number of ether oxygens (including phenoxy) is 2. The summed E-state index contributed by atoms with van der Waals surface area (Å²) >= 11 is 9.39. The first-order valence-electron chi connectivity index (χ1n) is 6.37. The first-order chi connectivity index (χ1) is 9.61. The van der Waals surface area contributed by atoms with Crippen molar-refractivity contribution in [1.29, 1.82) is 0 Å². The van der Waals surface area contributed by atoms with Gasteiger partial charge in [-0.05, 0) is 35.0 Å². The molecule has 1 aromatic rings. The summed E-state index contributed by atoms with van der Waals surface area (Å²) < 4.78 is 11.6. The van der Waals surface area contributed by atoms with Gasteiger partial charge in [0.1, 0.15) is 6.10 Å². The maximum atomic E-state index is 12.2. The van der Waals surface area contributed by atoms with Crippen LogP contribution >= 0.6 is 27.5 Å². The Hall–Kier alpha value is -0.820. The maximum absolute atomic E-state index is 12.2. The van der Waals surface area contributed by atoms with Gasteiger partial charge in [0.15, 0.2) is 5.75 Å². The summed E-state index contributed by atoms with van der Waals surface area (Å²) in [6.45, 7) is 4.15. The van der Waals surface area contributed by atoms with E-state index < -0.39 is 6.10 Å². The van der Waals surface area contributed by atoms with Gasteiger partial charge in [0.05, 0.1) is 23.4 Å². The number of carbonyl (C=O) groups is 1. The monoisotopic (exact) mass is 362 g/mol. The molecule has 1 amide bonds. The summed E-state index contributed by atoms with van der Waals surface area (Å²) in [5, 5.41) is 6.43. The van der Waals surface area contributed by atoms with Crippen molar-refractivity contribution < 1.29 is 14.3 Å². The summed E-state index contributed by atoms with van der Waals surface area (Å²) in [6, 6.07) is 3.38. The molecule has 1 heterocycles. The molecule has 0 bridgehead atoms. The fraction of sp³-hybridized carbons (Fsp3) is 0.462. The van der Waals surface area contributed by atoms with E-state index in [9.17, 15) is 4.79 Å². The van der Waals surface area contributed by atoms with E-state index in [-0.39, 0.29) is 5.91 Å². The third-order valence-electron chi connectivity index (χ3n) is 2.77. The van der Waals surface area contributed by atoms with Crippen molar-refractivity contribution in [3.63, 3.8) is 0 Å². The second-order valence-corrected chi connectivity index (χ2v) is 5.54. The molecule has 1 aliphatic heterocycles. The molecule has 0 aromatic heterocycles. The maximum Gasteiger partial charge on any atom is 0.254 e. The highest BCUT2D eigenvalue weighted by molar-refractivity contribution is 9.10. The highest BCUT2D eigenvalue weighted by atomic mass is 79.9. The van der Waals surface area contributed by atoms with Crippen molar-refractivity contribution in [2.24, 2.45) is 0 Å². The minimum Gasteiger partial charge on any atom is -0.491 e. The van der Waals surface area contributed by atoms with Gasteiger partial charge in [-0.1, -0.05) is 11.6 Å². The Labute approximate surface area is 131 Å². The highest BCUT2D eigenvalue weighted by Crippen LogP contribution is 2.36. The normalized spacial score (nSPS) is 18.6. The molecule has 0 radical (unpaired) electrons. The lowest BCUT2D eigenvalue weighted by Gasteiger charge is -2.23. The molecule has 20 heavy (non-hydrogen) atoms. The van der Waals surface area contributed by atoms with Gasteiger partial charge < -0.3 is 20.1 Å². The van der Waals surface area contributed by atoms with Gasteiger partial charge in [0, 0.05) is 18.1 Å². The zero-order chi connectivity index (χ0) is 14.5. The fourth-order valence-electron chi connectivity index (χ4n) is 1.89. The zero-order valence-electron chi connectivity index (χ0n) is 11.0. The Morgan fingerprint density at radius 3 is 3.10 bits per heavy atom. The van der Waals surface area contributed by atoms with Gasteiger partial charge in [0.25, 0.3) is 5.91 Å². The number of hydrogen-bond acceptors (Lipinski definition) is 4. The van der Waals surface area contributed by atoms with Crippen LogP contribution in [0.1, 0.15) is 6.92 Å². The summed E-state index contributed by atoms with van der Waals surface area (Å²) in [6.07, 6.45) is -0.504. The number of benzene rings is 1. The predicted molar refractivity (Wildman–Crippen MR) is 81.6 cm³/mol. The second kappa shape index (κ2) is 7.26. The zero-order valence-corrected chi connectivity index (χ0v) is 13.4. The molecule has 1 saturated heterocycles. The largest absolute Gasteiger partial charge is 0.491 e. The number of morpholine rings is 1. The number of rotatable bonds is 4. The van der Waals surface area contributed by atoms with Crippen LogP contribution in [0, 0.1) is 0 Å². The van der Waals surface area contributed by atoms with Crippen molar-refractivity contribution >= 4 is 39.1 Å². The second-order valence-electron chi connectivity index (χ2n) is 4.25. The van der Waals surface area contributed by atoms with Gasteiger partial charge >= 0.3 is 0 Å². The lowest BCUT2D eigenvalue weighted by atomic mass is 10.2. The molecule has 7 heteroatoms. The Morgan fingerprint density at radius 2 is 2.45 bits per heavy atom. The minimum absolute atomic E-state index is 0.215. The van der Waals surface area contributed by atoms with E-state index in [2.05, 4.69) is 26.6 Å². The molecule has 0 spiro atoms. The van der Waals surface area contributed by atoms with E-state index in [4.69, 9.17) is 21.1 Å². The number of halogens is 2. The molecule has 2 rings (SSSR count). The Bertz CT molecular complexity index is 493. The molecule has 0 aliphatic carbocycles. The van der Waals surface area contributed by atoms with Crippen LogP contribution in [0.15, 0.2) is 16.6 Å². The number of nitrogens with one attached hydrogen (secondary N) is 2. The standard InChI is InChI=1S/C13H16BrClN2O3/c1-2-19-12-9(14)5-8(15)6-10(12)17-13(18)11-7-16-3-4-20-11/h5-6,11,16H,2-4,7H2,1H3,(H,17,18). The van der Waals surface area contributed by atoms with E-state index in [1.165, 1.54) is 0 Å². The van der Waals surface area contributed by atoms with Crippen LogP contribution in [0.2, 0.25) is 5.02 Å².